The highest BCUT2D eigenvalue weighted by atomic mass is 16.5. The number of carbonyl (C=O) groups excluding carboxylic acids is 1. The van der Waals surface area contributed by atoms with Crippen LogP contribution >= 0.6 is 0 Å². The molecule has 5 aliphatic carbocycles. The summed E-state index contributed by atoms with van der Waals surface area (Å²) in [6.07, 6.45) is 11.3. The van der Waals surface area contributed by atoms with Gasteiger partial charge in [-0.15, -0.1) is 0 Å². The predicted molar refractivity (Wildman–Crippen MR) is 185 cm³/mol. The number of nitrogens with one attached hydrogen (secondary N) is 1. The smallest absolute Gasteiger partial charge is 0.313 e. The highest BCUT2D eigenvalue weighted by Crippen LogP contribution is 2.75. The molecule has 3 fully saturated rings. The van der Waals surface area contributed by atoms with Gasteiger partial charge in [0.15, 0.2) is 0 Å². The summed E-state index contributed by atoms with van der Waals surface area (Å²) in [5.74, 6) is 4.34. The third kappa shape index (κ3) is 4.21. The number of aromatic nitrogens is 2. The second-order valence-electron chi connectivity index (χ2n) is 17.5. The number of rotatable bonds is 4. The highest BCUT2D eigenvalue weighted by molar-refractivity contribution is 5.79. The number of anilines is 1. The van der Waals surface area contributed by atoms with Crippen LogP contribution in [0.15, 0.2) is 42.0 Å². The molecule has 0 spiro atoms. The Morgan fingerprint density at radius 2 is 1.70 bits per heavy atom. The molecule has 5 nitrogen and oxygen atoms in total. The van der Waals surface area contributed by atoms with Gasteiger partial charge in [-0.25, -0.2) is 9.97 Å². The van der Waals surface area contributed by atoms with Crippen LogP contribution in [0.1, 0.15) is 116 Å². The predicted octanol–water partition coefficient (Wildman–Crippen LogP) is 9.24. The lowest BCUT2D eigenvalue weighted by Crippen LogP contribution is -2.65. The lowest BCUT2D eigenvalue weighted by Gasteiger charge is -2.71. The first-order valence-electron chi connectivity index (χ1n) is 18.2. The van der Waals surface area contributed by atoms with E-state index in [-0.39, 0.29) is 33.5 Å². The van der Waals surface area contributed by atoms with Gasteiger partial charge in [-0.05, 0) is 110 Å². The molecule has 1 aromatic heterocycles. The fourth-order valence-corrected chi connectivity index (χ4v) is 12.6. The average molecular weight is 624 g/mol. The second-order valence-corrected chi connectivity index (χ2v) is 17.5. The molecule has 0 unspecified atom stereocenters. The van der Waals surface area contributed by atoms with E-state index in [2.05, 4.69) is 72.0 Å². The van der Waals surface area contributed by atoms with Gasteiger partial charge in [0.25, 0.3) is 0 Å². The van der Waals surface area contributed by atoms with Gasteiger partial charge in [-0.2, -0.15) is 0 Å². The number of aryl methyl sites for hydroxylation is 1. The Bertz CT molecular complexity index is 1560. The topological polar surface area (TPSA) is 64.1 Å². The fourth-order valence-electron chi connectivity index (χ4n) is 12.6. The van der Waals surface area contributed by atoms with Gasteiger partial charge in [-0.1, -0.05) is 90.4 Å². The summed E-state index contributed by atoms with van der Waals surface area (Å²) >= 11 is 0. The van der Waals surface area contributed by atoms with Crippen molar-refractivity contribution in [1.82, 2.24) is 9.97 Å². The summed E-state index contributed by atoms with van der Waals surface area (Å²) in [4.78, 5) is 24.4. The Labute approximate surface area is 277 Å². The minimum Gasteiger partial charge on any atom is -0.460 e. The molecule has 2 aromatic rings. The zero-order valence-electron chi connectivity index (χ0n) is 29.9. The number of hydrogen-bond acceptors (Lipinski definition) is 5. The SMILES string of the molecule is CNc1nc(C)nc2c1C[C@]1(C)[C@H](CC[C@@]3(C)[C@H]1CC=C1[C@@H]4[C@@H](C)[C@@H](C)CC[C@]4(C(=O)OCc4ccccc4)CC[C@]13C)C2(C)C. The molecule has 0 aliphatic heterocycles. The number of carbonyl (C=O) groups is 1. The van der Waals surface area contributed by atoms with Crippen molar-refractivity contribution in [3.63, 3.8) is 0 Å². The van der Waals surface area contributed by atoms with E-state index in [1.165, 1.54) is 24.1 Å². The molecule has 5 aliphatic rings. The van der Waals surface area contributed by atoms with Crippen molar-refractivity contribution in [3.8, 4) is 0 Å². The highest BCUT2D eigenvalue weighted by Gasteiger charge is 2.69. The zero-order valence-corrected chi connectivity index (χ0v) is 29.9. The number of nitrogens with zero attached hydrogens (tertiary/aromatic N) is 2. The minimum absolute atomic E-state index is 0.0224. The van der Waals surface area contributed by atoms with Crippen LogP contribution in [0.4, 0.5) is 5.82 Å². The van der Waals surface area contributed by atoms with Gasteiger partial charge in [0.05, 0.1) is 11.1 Å². The Morgan fingerprint density at radius 3 is 2.41 bits per heavy atom. The molecule has 0 radical (unpaired) electrons. The Balaban J connectivity index is 1.29. The van der Waals surface area contributed by atoms with E-state index in [9.17, 15) is 4.79 Å². The summed E-state index contributed by atoms with van der Waals surface area (Å²) in [5, 5.41) is 3.45. The maximum absolute atomic E-state index is 14.4. The summed E-state index contributed by atoms with van der Waals surface area (Å²) in [5.41, 5.74) is 5.16. The molecule has 46 heavy (non-hydrogen) atoms. The Morgan fingerprint density at radius 1 is 0.957 bits per heavy atom. The molecule has 1 heterocycles. The maximum atomic E-state index is 14.4. The normalized spacial score (nSPS) is 40.6. The first-order valence-corrected chi connectivity index (χ1v) is 18.2. The van der Waals surface area contributed by atoms with Gasteiger partial charge in [0.2, 0.25) is 0 Å². The second kappa shape index (κ2) is 10.7. The van der Waals surface area contributed by atoms with Gasteiger partial charge >= 0.3 is 5.97 Å². The number of benzene rings is 1. The quantitative estimate of drug-likeness (QED) is 0.272. The van der Waals surface area contributed by atoms with Gasteiger partial charge in [0.1, 0.15) is 18.2 Å². The maximum Gasteiger partial charge on any atom is 0.313 e. The van der Waals surface area contributed by atoms with Crippen molar-refractivity contribution in [2.24, 2.45) is 51.2 Å². The molecule has 248 valence electrons. The minimum atomic E-state index is -0.418. The monoisotopic (exact) mass is 623 g/mol. The molecule has 3 saturated carbocycles. The average Bonchev–Trinajstić information content (AvgIpc) is 3.02. The van der Waals surface area contributed by atoms with Crippen LogP contribution in [-0.2, 0) is 28.0 Å². The molecule has 9 atom stereocenters. The molecular formula is C41H57N3O2. The standard InChI is InChI=1S/C41H57N3O2/c1-25-17-20-41(36(45)46-24-28-13-11-10-12-14-28)22-21-39(7)30(33(41)26(25)2)15-16-32-38(6)23-29-34(43-27(3)44-35(29)42-9)37(4,5)31(38)18-19-40(32,39)8/h10-15,25-26,31-33H,16-24H2,1-9H3,(H,42,43,44)/t25-,26-,31+,32-,33-,38+,39+,40-,41-/m0/s1. The van der Waals surface area contributed by atoms with Crippen molar-refractivity contribution in [1.29, 1.82) is 0 Å². The Kier molecular flexibility index (Phi) is 7.39. The molecule has 1 N–H and O–H groups in total. The van der Waals surface area contributed by atoms with Gasteiger partial charge in [0, 0.05) is 18.0 Å². The number of ether oxygens (including phenoxy) is 1. The molecule has 5 heteroatoms. The van der Waals surface area contributed by atoms with E-state index < -0.39 is 5.41 Å². The van der Waals surface area contributed by atoms with Crippen LogP contribution in [0.3, 0.4) is 0 Å². The Hall–Kier alpha value is -2.69. The number of hydrogen-bond donors (Lipinski definition) is 1. The first-order chi connectivity index (χ1) is 21.7. The molecular weight excluding hydrogens is 566 g/mol. The van der Waals surface area contributed by atoms with E-state index in [1.54, 1.807) is 5.57 Å². The van der Waals surface area contributed by atoms with Gasteiger partial charge < -0.3 is 10.1 Å². The molecule has 0 amide bonds. The van der Waals surface area contributed by atoms with Crippen molar-refractivity contribution in [2.45, 2.75) is 119 Å². The number of allylic oxidation sites excluding steroid dienone is 2. The van der Waals surface area contributed by atoms with E-state index >= 15 is 0 Å². The molecule has 0 bridgehead atoms. The fraction of sp³-hybridized carbons (Fsp3) is 0.683. The van der Waals surface area contributed by atoms with E-state index in [0.717, 1.165) is 55.7 Å². The largest absolute Gasteiger partial charge is 0.460 e. The van der Waals surface area contributed by atoms with Crippen LogP contribution in [0.2, 0.25) is 0 Å². The van der Waals surface area contributed by atoms with Gasteiger partial charge in [-0.3, -0.25) is 4.79 Å². The summed E-state index contributed by atoms with van der Waals surface area (Å²) < 4.78 is 6.24. The van der Waals surface area contributed by atoms with Crippen molar-refractivity contribution in [3.05, 3.63) is 64.6 Å². The van der Waals surface area contributed by atoms with Crippen LogP contribution in [0.5, 0.6) is 0 Å². The molecule has 7 rings (SSSR count). The summed E-state index contributed by atoms with van der Waals surface area (Å²) in [6, 6.07) is 10.2. The zero-order chi connectivity index (χ0) is 32.9. The summed E-state index contributed by atoms with van der Waals surface area (Å²) in [6.45, 7) is 20.0. The third-order valence-electron chi connectivity index (χ3n) is 15.3. The van der Waals surface area contributed by atoms with Crippen molar-refractivity contribution in [2.75, 3.05) is 12.4 Å². The van der Waals surface area contributed by atoms with E-state index in [1.807, 2.05) is 32.2 Å². The summed E-state index contributed by atoms with van der Waals surface area (Å²) in [7, 11) is 2.01. The third-order valence-corrected chi connectivity index (χ3v) is 15.3. The van der Waals surface area contributed by atoms with Crippen LogP contribution < -0.4 is 5.32 Å². The van der Waals surface area contributed by atoms with Crippen molar-refractivity contribution >= 4 is 11.8 Å². The van der Waals surface area contributed by atoms with E-state index in [4.69, 9.17) is 14.7 Å². The first kappa shape index (κ1) is 31.9. The number of fused-ring (bicyclic) bond motifs is 8. The molecule has 0 saturated heterocycles. The van der Waals surface area contributed by atoms with E-state index in [0.29, 0.717) is 30.3 Å². The van der Waals surface area contributed by atoms with Crippen LogP contribution in [0.25, 0.3) is 0 Å². The van der Waals surface area contributed by atoms with Crippen LogP contribution in [0, 0.1) is 58.2 Å². The van der Waals surface area contributed by atoms with Crippen molar-refractivity contribution < 1.29 is 9.53 Å². The lowest BCUT2D eigenvalue weighted by atomic mass is 9.33. The van der Waals surface area contributed by atoms with Crippen LogP contribution in [-0.4, -0.2) is 23.0 Å². The molecule has 1 aromatic carbocycles. The lowest BCUT2D eigenvalue weighted by molar-refractivity contribution is -0.184. The number of esters is 1.